The minimum Gasteiger partial charge on any atom is -0.492 e. The van der Waals surface area contributed by atoms with Crippen molar-refractivity contribution in [2.24, 2.45) is 5.73 Å². The molecule has 0 radical (unpaired) electrons. The molecule has 0 fully saturated rings. The standard InChI is InChI=1S/C19H22FN3O3/c1-3-26-17-10-13(20)8-9-15(17)22-18(24)11-16(23-19(21)25)14-7-5-4-6-12(14)2/h4-10,16H,3,11H2,1-2H3,(H,22,24)(H3,21,23,25). The Balaban J connectivity index is 2.18. The number of carbonyl (C=O) groups is 2. The molecule has 4 N–H and O–H groups in total. The van der Waals surface area contributed by atoms with E-state index in [-0.39, 0.29) is 18.1 Å². The van der Waals surface area contributed by atoms with E-state index in [0.717, 1.165) is 11.1 Å². The summed E-state index contributed by atoms with van der Waals surface area (Å²) in [4.78, 5) is 23.8. The maximum absolute atomic E-state index is 13.4. The molecule has 2 rings (SSSR count). The number of nitrogens with two attached hydrogens (primary N) is 1. The largest absolute Gasteiger partial charge is 0.492 e. The van der Waals surface area contributed by atoms with Crippen LogP contribution in [0, 0.1) is 12.7 Å². The van der Waals surface area contributed by atoms with Gasteiger partial charge in [-0.3, -0.25) is 4.79 Å². The first-order chi connectivity index (χ1) is 12.4. The van der Waals surface area contributed by atoms with Crippen LogP contribution in [0.5, 0.6) is 5.75 Å². The van der Waals surface area contributed by atoms with E-state index in [4.69, 9.17) is 10.5 Å². The Morgan fingerprint density at radius 3 is 2.62 bits per heavy atom. The summed E-state index contributed by atoms with van der Waals surface area (Å²) in [6, 6.07) is 9.98. The van der Waals surface area contributed by atoms with Crippen LogP contribution in [0.1, 0.15) is 30.5 Å². The Hall–Kier alpha value is -3.09. The van der Waals surface area contributed by atoms with E-state index >= 15 is 0 Å². The number of primary amides is 1. The van der Waals surface area contributed by atoms with Crippen molar-refractivity contribution in [3.05, 3.63) is 59.4 Å². The molecule has 1 unspecified atom stereocenters. The zero-order chi connectivity index (χ0) is 19.1. The van der Waals surface area contributed by atoms with Crippen LogP contribution in [0.2, 0.25) is 0 Å². The number of hydrogen-bond acceptors (Lipinski definition) is 3. The summed E-state index contributed by atoms with van der Waals surface area (Å²) in [7, 11) is 0. The average molecular weight is 359 g/mol. The van der Waals surface area contributed by atoms with Crippen LogP contribution in [0.15, 0.2) is 42.5 Å². The molecule has 0 aliphatic rings. The molecule has 138 valence electrons. The number of hydrogen-bond donors (Lipinski definition) is 3. The molecule has 0 saturated heterocycles. The highest BCUT2D eigenvalue weighted by molar-refractivity contribution is 5.93. The molecule has 0 saturated carbocycles. The Bertz CT molecular complexity index is 795. The Morgan fingerprint density at radius 2 is 1.96 bits per heavy atom. The van der Waals surface area contributed by atoms with E-state index in [9.17, 15) is 14.0 Å². The van der Waals surface area contributed by atoms with E-state index in [1.165, 1.54) is 18.2 Å². The summed E-state index contributed by atoms with van der Waals surface area (Å²) in [5.41, 5.74) is 7.33. The van der Waals surface area contributed by atoms with Gasteiger partial charge in [-0.2, -0.15) is 0 Å². The highest BCUT2D eigenvalue weighted by atomic mass is 19.1. The molecular weight excluding hydrogens is 337 g/mol. The first-order valence-corrected chi connectivity index (χ1v) is 8.24. The maximum Gasteiger partial charge on any atom is 0.312 e. The molecule has 0 aromatic heterocycles. The van der Waals surface area contributed by atoms with Gasteiger partial charge in [0.1, 0.15) is 11.6 Å². The Labute approximate surface area is 151 Å². The maximum atomic E-state index is 13.4. The summed E-state index contributed by atoms with van der Waals surface area (Å²) < 4.78 is 18.7. The lowest BCUT2D eigenvalue weighted by Crippen LogP contribution is -2.35. The van der Waals surface area contributed by atoms with Gasteiger partial charge in [0.05, 0.1) is 24.8 Å². The third kappa shape index (κ3) is 5.20. The van der Waals surface area contributed by atoms with E-state index in [0.29, 0.717) is 12.3 Å². The minimum absolute atomic E-state index is 0.0310. The van der Waals surface area contributed by atoms with Crippen molar-refractivity contribution in [2.45, 2.75) is 26.3 Å². The molecule has 0 aliphatic carbocycles. The normalized spacial score (nSPS) is 11.5. The number of anilines is 1. The van der Waals surface area contributed by atoms with E-state index in [1.54, 1.807) is 6.92 Å². The van der Waals surface area contributed by atoms with Crippen LogP contribution < -0.4 is 21.1 Å². The van der Waals surface area contributed by atoms with Gasteiger partial charge in [-0.05, 0) is 37.1 Å². The van der Waals surface area contributed by atoms with Gasteiger partial charge in [-0.1, -0.05) is 24.3 Å². The van der Waals surface area contributed by atoms with Crippen molar-refractivity contribution in [1.82, 2.24) is 5.32 Å². The number of nitrogens with one attached hydrogen (secondary N) is 2. The fraction of sp³-hybridized carbons (Fsp3) is 0.263. The highest BCUT2D eigenvalue weighted by Crippen LogP contribution is 2.27. The number of rotatable bonds is 7. The van der Waals surface area contributed by atoms with Crippen molar-refractivity contribution in [3.63, 3.8) is 0 Å². The van der Waals surface area contributed by atoms with Crippen molar-refractivity contribution in [1.29, 1.82) is 0 Å². The lowest BCUT2D eigenvalue weighted by Gasteiger charge is -2.20. The van der Waals surface area contributed by atoms with Gasteiger partial charge >= 0.3 is 6.03 Å². The lowest BCUT2D eigenvalue weighted by atomic mass is 9.98. The molecule has 1 atom stereocenters. The van der Waals surface area contributed by atoms with Crippen LogP contribution >= 0.6 is 0 Å². The second-order valence-electron chi connectivity index (χ2n) is 5.74. The second kappa shape index (κ2) is 8.84. The number of benzene rings is 2. The molecule has 7 heteroatoms. The summed E-state index contributed by atoms with van der Waals surface area (Å²) in [6.45, 7) is 3.99. The topological polar surface area (TPSA) is 93.4 Å². The van der Waals surface area contributed by atoms with Crippen LogP contribution in [-0.4, -0.2) is 18.5 Å². The number of amides is 3. The Kier molecular flexibility index (Phi) is 6.54. The molecule has 2 aromatic rings. The summed E-state index contributed by atoms with van der Waals surface area (Å²) in [5.74, 6) is -0.574. The van der Waals surface area contributed by atoms with Crippen molar-refractivity contribution in [3.8, 4) is 5.75 Å². The average Bonchev–Trinajstić information content (AvgIpc) is 2.57. The monoisotopic (exact) mass is 359 g/mol. The molecule has 0 spiro atoms. The zero-order valence-electron chi connectivity index (χ0n) is 14.7. The fourth-order valence-electron chi connectivity index (χ4n) is 2.65. The molecule has 0 heterocycles. The van der Waals surface area contributed by atoms with E-state index in [2.05, 4.69) is 10.6 Å². The van der Waals surface area contributed by atoms with Crippen LogP contribution in [0.25, 0.3) is 0 Å². The SMILES string of the molecule is CCOc1cc(F)ccc1NC(=O)CC(NC(N)=O)c1ccccc1C. The van der Waals surface area contributed by atoms with Crippen LogP contribution in [0.4, 0.5) is 14.9 Å². The predicted molar refractivity (Wildman–Crippen MR) is 97.5 cm³/mol. The highest BCUT2D eigenvalue weighted by Gasteiger charge is 2.20. The Morgan fingerprint density at radius 1 is 1.23 bits per heavy atom. The number of carbonyl (C=O) groups excluding carboxylic acids is 2. The van der Waals surface area contributed by atoms with Crippen molar-refractivity contribution in [2.75, 3.05) is 11.9 Å². The van der Waals surface area contributed by atoms with E-state index in [1.807, 2.05) is 31.2 Å². The molecule has 2 aromatic carbocycles. The molecule has 0 aliphatic heterocycles. The number of aryl methyl sites for hydroxylation is 1. The summed E-state index contributed by atoms with van der Waals surface area (Å²) in [6.07, 6.45) is -0.0310. The van der Waals surface area contributed by atoms with Gasteiger partial charge in [0.2, 0.25) is 5.91 Å². The third-order valence-electron chi connectivity index (χ3n) is 3.79. The van der Waals surface area contributed by atoms with Crippen molar-refractivity contribution >= 4 is 17.6 Å². The third-order valence-corrected chi connectivity index (χ3v) is 3.79. The molecule has 26 heavy (non-hydrogen) atoms. The molecule has 0 bridgehead atoms. The summed E-state index contributed by atoms with van der Waals surface area (Å²) in [5, 5.41) is 5.28. The van der Waals surface area contributed by atoms with E-state index < -0.39 is 17.9 Å². The minimum atomic E-state index is -0.720. The van der Waals surface area contributed by atoms with Gasteiger partial charge in [0.15, 0.2) is 0 Å². The smallest absolute Gasteiger partial charge is 0.312 e. The zero-order valence-corrected chi connectivity index (χ0v) is 14.7. The fourth-order valence-corrected chi connectivity index (χ4v) is 2.65. The van der Waals surface area contributed by atoms with Gasteiger partial charge in [0.25, 0.3) is 0 Å². The molecule has 6 nitrogen and oxygen atoms in total. The van der Waals surface area contributed by atoms with Gasteiger partial charge in [0, 0.05) is 6.07 Å². The van der Waals surface area contributed by atoms with Crippen molar-refractivity contribution < 1.29 is 18.7 Å². The lowest BCUT2D eigenvalue weighted by molar-refractivity contribution is -0.116. The first-order valence-electron chi connectivity index (χ1n) is 8.24. The number of urea groups is 1. The van der Waals surface area contributed by atoms with Gasteiger partial charge in [-0.25, -0.2) is 9.18 Å². The molecule has 3 amide bonds. The number of halogens is 1. The second-order valence-corrected chi connectivity index (χ2v) is 5.74. The van der Waals surface area contributed by atoms with Gasteiger partial charge < -0.3 is 21.1 Å². The number of ether oxygens (including phenoxy) is 1. The van der Waals surface area contributed by atoms with Gasteiger partial charge in [-0.15, -0.1) is 0 Å². The van der Waals surface area contributed by atoms with Crippen LogP contribution in [-0.2, 0) is 4.79 Å². The quantitative estimate of drug-likeness (QED) is 0.708. The van der Waals surface area contributed by atoms with Crippen LogP contribution in [0.3, 0.4) is 0 Å². The summed E-state index contributed by atoms with van der Waals surface area (Å²) >= 11 is 0. The predicted octanol–water partition coefficient (Wildman–Crippen LogP) is 3.27. The molecular formula is C19H22FN3O3. The first kappa shape index (κ1) is 19.2.